The summed E-state index contributed by atoms with van der Waals surface area (Å²) in [5.41, 5.74) is 2.53. The number of thiazole rings is 1. The number of aryl methyl sites for hydroxylation is 1. The Balaban J connectivity index is 1.62. The van der Waals surface area contributed by atoms with E-state index in [2.05, 4.69) is 28.3 Å². The van der Waals surface area contributed by atoms with E-state index in [1.807, 2.05) is 14.1 Å². The summed E-state index contributed by atoms with van der Waals surface area (Å²) in [6.45, 7) is 5.12. The number of thiophene rings is 1. The molecule has 2 aromatic heterocycles. The number of carbonyl (C=O) groups is 1. The number of nitrogens with zero attached hydrogens (tertiary/aromatic N) is 3. The lowest BCUT2D eigenvalue weighted by Gasteiger charge is -2.26. The van der Waals surface area contributed by atoms with Crippen LogP contribution in [0.2, 0.25) is 0 Å². The Hall–Kier alpha value is -1.24. The predicted octanol–water partition coefficient (Wildman–Crippen LogP) is 2.82. The van der Waals surface area contributed by atoms with E-state index >= 15 is 0 Å². The minimum absolute atomic E-state index is 0.115. The molecule has 0 saturated heterocycles. The Bertz CT molecular complexity index is 675. The number of hydrogen-bond donors (Lipinski definition) is 0. The summed E-state index contributed by atoms with van der Waals surface area (Å²) in [4.78, 5) is 23.0. The van der Waals surface area contributed by atoms with Crippen molar-refractivity contribution < 1.29 is 4.79 Å². The Morgan fingerprint density at radius 3 is 2.95 bits per heavy atom. The summed E-state index contributed by atoms with van der Waals surface area (Å²) in [6, 6.07) is 2.08. The van der Waals surface area contributed by atoms with Crippen LogP contribution in [0, 0.1) is 6.92 Å². The molecule has 4 nitrogen and oxygen atoms in total. The maximum Gasteiger partial charge on any atom is 0.263 e. The van der Waals surface area contributed by atoms with E-state index in [1.165, 1.54) is 16.1 Å². The lowest BCUT2D eigenvalue weighted by atomic mass is 10.1. The summed E-state index contributed by atoms with van der Waals surface area (Å²) in [5.74, 6) is 0.115. The van der Waals surface area contributed by atoms with Gasteiger partial charge in [0.25, 0.3) is 5.91 Å². The van der Waals surface area contributed by atoms with Crippen molar-refractivity contribution in [2.24, 2.45) is 0 Å². The van der Waals surface area contributed by atoms with E-state index in [1.54, 1.807) is 27.6 Å². The molecule has 0 spiro atoms. The first-order valence-electron chi connectivity index (χ1n) is 7.49. The summed E-state index contributed by atoms with van der Waals surface area (Å²) >= 11 is 3.38. The third-order valence-electron chi connectivity index (χ3n) is 3.91. The monoisotopic (exact) mass is 335 g/mol. The highest BCUT2D eigenvalue weighted by Gasteiger charge is 2.22. The third-order valence-corrected chi connectivity index (χ3v) is 5.96. The highest BCUT2D eigenvalue weighted by molar-refractivity contribution is 7.14. The molecule has 0 saturated carbocycles. The molecule has 1 amide bonds. The lowest BCUT2D eigenvalue weighted by Crippen LogP contribution is -2.31. The van der Waals surface area contributed by atoms with Crippen LogP contribution in [-0.2, 0) is 19.4 Å². The zero-order valence-electron chi connectivity index (χ0n) is 13.3. The normalized spacial score (nSPS) is 14.9. The summed E-state index contributed by atoms with van der Waals surface area (Å²) in [5, 5.41) is 3.30. The molecular weight excluding hydrogens is 314 g/mol. The number of hydrogen-bond acceptors (Lipinski definition) is 5. The van der Waals surface area contributed by atoms with Gasteiger partial charge in [0.15, 0.2) is 0 Å². The third kappa shape index (κ3) is 3.39. The molecule has 3 heterocycles. The van der Waals surface area contributed by atoms with Crippen LogP contribution in [0.1, 0.15) is 30.8 Å². The molecule has 0 atom stereocenters. The van der Waals surface area contributed by atoms with E-state index in [0.29, 0.717) is 0 Å². The van der Waals surface area contributed by atoms with Crippen molar-refractivity contribution in [1.82, 2.24) is 14.8 Å². The molecule has 0 unspecified atom stereocenters. The van der Waals surface area contributed by atoms with Gasteiger partial charge in [0, 0.05) is 50.4 Å². The molecule has 6 heteroatoms. The van der Waals surface area contributed by atoms with Crippen LogP contribution in [-0.4, -0.2) is 47.9 Å². The number of carbonyl (C=O) groups excluding carboxylic acids is 1. The molecule has 0 fully saturated rings. The van der Waals surface area contributed by atoms with Crippen molar-refractivity contribution in [3.05, 3.63) is 37.5 Å². The average molecular weight is 335 g/mol. The van der Waals surface area contributed by atoms with Crippen LogP contribution in [0.3, 0.4) is 0 Å². The van der Waals surface area contributed by atoms with Crippen LogP contribution in [0.5, 0.6) is 0 Å². The van der Waals surface area contributed by atoms with Crippen LogP contribution in [0.4, 0.5) is 0 Å². The molecule has 118 valence electrons. The van der Waals surface area contributed by atoms with E-state index in [-0.39, 0.29) is 5.91 Å². The molecular formula is C16H21N3OS2. The van der Waals surface area contributed by atoms with Gasteiger partial charge in [-0.25, -0.2) is 4.98 Å². The van der Waals surface area contributed by atoms with Crippen LogP contribution < -0.4 is 0 Å². The fourth-order valence-corrected chi connectivity index (χ4v) is 4.54. The van der Waals surface area contributed by atoms with Gasteiger partial charge in [-0.3, -0.25) is 9.69 Å². The molecule has 0 aliphatic carbocycles. The van der Waals surface area contributed by atoms with Gasteiger partial charge in [0.2, 0.25) is 0 Å². The standard InChI is InChI=1S/C16H21N3OS2/c1-11-17-13(10-21-11)4-6-19-7-5-14-12(9-19)8-15(22-14)16(20)18(2)3/h8,10H,4-7,9H2,1-3H3. The topological polar surface area (TPSA) is 36.4 Å². The zero-order valence-corrected chi connectivity index (χ0v) is 14.9. The van der Waals surface area contributed by atoms with Gasteiger partial charge in [-0.15, -0.1) is 22.7 Å². The van der Waals surface area contributed by atoms with Crippen molar-refractivity contribution >= 4 is 28.6 Å². The smallest absolute Gasteiger partial charge is 0.263 e. The SMILES string of the molecule is Cc1nc(CCN2CCc3sc(C(=O)N(C)C)cc3C2)cs1. The Labute approximate surface area is 139 Å². The molecule has 0 aromatic carbocycles. The first-order valence-corrected chi connectivity index (χ1v) is 9.19. The second-order valence-corrected chi connectivity index (χ2v) is 8.09. The highest BCUT2D eigenvalue weighted by Crippen LogP contribution is 2.28. The lowest BCUT2D eigenvalue weighted by molar-refractivity contribution is 0.0832. The molecule has 22 heavy (non-hydrogen) atoms. The molecule has 0 N–H and O–H groups in total. The molecule has 2 aromatic rings. The quantitative estimate of drug-likeness (QED) is 0.862. The molecule has 3 rings (SSSR count). The van der Waals surface area contributed by atoms with E-state index < -0.39 is 0 Å². The maximum atomic E-state index is 12.1. The van der Waals surface area contributed by atoms with Gasteiger partial charge >= 0.3 is 0 Å². The molecule has 0 bridgehead atoms. The number of rotatable bonds is 4. The van der Waals surface area contributed by atoms with Crippen molar-refractivity contribution in [2.45, 2.75) is 26.3 Å². The van der Waals surface area contributed by atoms with Gasteiger partial charge in [0.1, 0.15) is 0 Å². The van der Waals surface area contributed by atoms with Gasteiger partial charge < -0.3 is 4.90 Å². The molecule has 1 aliphatic heterocycles. The van der Waals surface area contributed by atoms with E-state index in [0.717, 1.165) is 42.4 Å². The first-order chi connectivity index (χ1) is 10.5. The largest absolute Gasteiger partial charge is 0.344 e. The zero-order chi connectivity index (χ0) is 15.7. The Morgan fingerprint density at radius 2 is 2.27 bits per heavy atom. The van der Waals surface area contributed by atoms with Crippen molar-refractivity contribution in [3.8, 4) is 0 Å². The average Bonchev–Trinajstić information content (AvgIpc) is 3.09. The highest BCUT2D eigenvalue weighted by atomic mass is 32.1. The predicted molar refractivity (Wildman–Crippen MR) is 91.9 cm³/mol. The van der Waals surface area contributed by atoms with Crippen molar-refractivity contribution in [2.75, 3.05) is 27.2 Å². The summed E-state index contributed by atoms with van der Waals surface area (Å²) in [6.07, 6.45) is 2.06. The minimum atomic E-state index is 0.115. The second kappa shape index (κ2) is 6.48. The van der Waals surface area contributed by atoms with Gasteiger partial charge in [-0.2, -0.15) is 0 Å². The van der Waals surface area contributed by atoms with E-state index in [4.69, 9.17) is 0 Å². The van der Waals surface area contributed by atoms with E-state index in [9.17, 15) is 4.79 Å². The van der Waals surface area contributed by atoms with Crippen LogP contribution in [0.25, 0.3) is 0 Å². The fraction of sp³-hybridized carbons (Fsp3) is 0.500. The van der Waals surface area contributed by atoms with Crippen LogP contribution in [0.15, 0.2) is 11.4 Å². The van der Waals surface area contributed by atoms with Crippen LogP contribution >= 0.6 is 22.7 Å². The number of aromatic nitrogens is 1. The van der Waals surface area contributed by atoms with Crippen molar-refractivity contribution in [1.29, 1.82) is 0 Å². The Morgan fingerprint density at radius 1 is 1.45 bits per heavy atom. The van der Waals surface area contributed by atoms with Crippen molar-refractivity contribution in [3.63, 3.8) is 0 Å². The minimum Gasteiger partial charge on any atom is -0.344 e. The van der Waals surface area contributed by atoms with Gasteiger partial charge in [-0.1, -0.05) is 0 Å². The number of amides is 1. The maximum absolute atomic E-state index is 12.1. The summed E-state index contributed by atoms with van der Waals surface area (Å²) < 4.78 is 0. The second-order valence-electron chi connectivity index (χ2n) is 5.89. The molecule has 0 radical (unpaired) electrons. The fourth-order valence-electron chi connectivity index (χ4n) is 2.70. The molecule has 1 aliphatic rings. The van der Waals surface area contributed by atoms with Gasteiger partial charge in [0.05, 0.1) is 15.6 Å². The first kappa shape index (κ1) is 15.6. The van der Waals surface area contributed by atoms with Gasteiger partial charge in [-0.05, 0) is 25.0 Å². The Kier molecular flexibility index (Phi) is 4.61. The number of fused-ring (bicyclic) bond motifs is 1. The summed E-state index contributed by atoms with van der Waals surface area (Å²) in [7, 11) is 3.62.